The Balaban J connectivity index is 1.88. The molecule has 0 spiro atoms. The number of piperidine rings is 1. The summed E-state index contributed by atoms with van der Waals surface area (Å²) in [7, 11) is 0. The first-order chi connectivity index (χ1) is 12.9. The normalized spacial score (nSPS) is 16.9. The molecule has 148 valence electrons. The van der Waals surface area contributed by atoms with Gasteiger partial charge in [-0.3, -0.25) is 14.4 Å². The zero-order valence-electron chi connectivity index (χ0n) is 14.7. The van der Waals surface area contributed by atoms with E-state index in [0.717, 1.165) is 12.8 Å². The number of benzene rings is 1. The Labute approximate surface area is 155 Å². The third kappa shape index (κ3) is 6.50. The van der Waals surface area contributed by atoms with E-state index in [0.29, 0.717) is 19.5 Å². The first-order valence-corrected chi connectivity index (χ1v) is 8.68. The van der Waals surface area contributed by atoms with Crippen LogP contribution in [0.25, 0.3) is 0 Å². The predicted octanol–water partition coefficient (Wildman–Crippen LogP) is 2.12. The van der Waals surface area contributed by atoms with Crippen molar-refractivity contribution in [2.75, 3.05) is 19.6 Å². The molecule has 27 heavy (non-hydrogen) atoms. The van der Waals surface area contributed by atoms with Crippen LogP contribution in [-0.2, 0) is 9.59 Å². The van der Waals surface area contributed by atoms with Crippen molar-refractivity contribution in [1.82, 2.24) is 10.2 Å². The average Bonchev–Trinajstić information content (AvgIpc) is 2.64. The molecule has 0 bridgehead atoms. The summed E-state index contributed by atoms with van der Waals surface area (Å²) in [4.78, 5) is 36.8. The molecule has 1 atom stereocenters. The lowest BCUT2D eigenvalue weighted by Gasteiger charge is -2.32. The Morgan fingerprint density at radius 1 is 1.30 bits per heavy atom. The van der Waals surface area contributed by atoms with E-state index in [1.165, 1.54) is 24.3 Å². The number of likely N-dealkylation sites (tertiary alicyclic amines) is 1. The van der Waals surface area contributed by atoms with E-state index in [2.05, 4.69) is 10.1 Å². The summed E-state index contributed by atoms with van der Waals surface area (Å²) < 4.78 is 29.1. The number of carbonyl (C=O) groups is 3. The second kappa shape index (κ2) is 9.84. The quantitative estimate of drug-likeness (QED) is 0.716. The van der Waals surface area contributed by atoms with Gasteiger partial charge in [0.2, 0.25) is 5.91 Å². The van der Waals surface area contributed by atoms with Gasteiger partial charge >= 0.3 is 12.6 Å². The number of amides is 2. The summed E-state index contributed by atoms with van der Waals surface area (Å²) in [6.07, 6.45) is 2.20. The lowest BCUT2D eigenvalue weighted by Crippen LogP contribution is -2.45. The molecule has 1 aromatic carbocycles. The van der Waals surface area contributed by atoms with Gasteiger partial charge in [0, 0.05) is 19.5 Å². The maximum absolute atomic E-state index is 12.4. The number of nitrogens with zero attached hydrogens (tertiary/aromatic N) is 1. The monoisotopic (exact) mass is 384 g/mol. The van der Waals surface area contributed by atoms with Gasteiger partial charge in [-0.2, -0.15) is 8.78 Å². The lowest BCUT2D eigenvalue weighted by atomic mass is 9.93. The average molecular weight is 384 g/mol. The predicted molar refractivity (Wildman–Crippen MR) is 91.6 cm³/mol. The van der Waals surface area contributed by atoms with Crippen LogP contribution >= 0.6 is 0 Å². The number of carbonyl (C=O) groups excluding carboxylic acids is 2. The molecule has 1 heterocycles. The zero-order valence-corrected chi connectivity index (χ0v) is 14.7. The minimum atomic E-state index is -3.06. The Kier molecular flexibility index (Phi) is 7.51. The van der Waals surface area contributed by atoms with E-state index >= 15 is 0 Å². The fourth-order valence-electron chi connectivity index (χ4n) is 3.07. The minimum Gasteiger partial charge on any atom is -0.481 e. The number of para-hydroxylation sites is 1. The van der Waals surface area contributed by atoms with Crippen LogP contribution in [0.2, 0.25) is 0 Å². The molecular formula is C18H22F2N2O5. The molecule has 0 saturated carbocycles. The summed E-state index contributed by atoms with van der Waals surface area (Å²) in [6, 6.07) is 5.55. The van der Waals surface area contributed by atoms with Gasteiger partial charge in [0.1, 0.15) is 5.75 Å². The van der Waals surface area contributed by atoms with Gasteiger partial charge in [-0.15, -0.1) is 0 Å². The van der Waals surface area contributed by atoms with Crippen LogP contribution < -0.4 is 10.1 Å². The molecule has 1 aromatic rings. The molecule has 0 aromatic heterocycles. The van der Waals surface area contributed by atoms with E-state index < -0.39 is 18.5 Å². The zero-order chi connectivity index (χ0) is 19.8. The van der Waals surface area contributed by atoms with Crippen molar-refractivity contribution in [3.8, 4) is 5.75 Å². The third-order valence-electron chi connectivity index (χ3n) is 4.39. The number of aliphatic carboxylic acids is 1. The van der Waals surface area contributed by atoms with E-state index in [4.69, 9.17) is 5.11 Å². The van der Waals surface area contributed by atoms with Gasteiger partial charge in [-0.05, 0) is 37.3 Å². The van der Waals surface area contributed by atoms with Crippen LogP contribution in [-0.4, -0.2) is 54.0 Å². The van der Waals surface area contributed by atoms with Crippen LogP contribution in [0.3, 0.4) is 0 Å². The van der Waals surface area contributed by atoms with Crippen molar-refractivity contribution in [2.45, 2.75) is 32.3 Å². The van der Waals surface area contributed by atoms with Gasteiger partial charge in [0.05, 0.1) is 12.1 Å². The molecule has 2 N–H and O–H groups in total. The van der Waals surface area contributed by atoms with Crippen molar-refractivity contribution >= 4 is 17.8 Å². The van der Waals surface area contributed by atoms with Gasteiger partial charge in [0.15, 0.2) is 0 Å². The van der Waals surface area contributed by atoms with Crippen molar-refractivity contribution in [2.24, 2.45) is 5.92 Å². The minimum absolute atomic E-state index is 0.0599. The molecule has 1 aliphatic heterocycles. The van der Waals surface area contributed by atoms with Crippen LogP contribution in [0.15, 0.2) is 24.3 Å². The second-order valence-electron chi connectivity index (χ2n) is 6.34. The number of hydrogen-bond acceptors (Lipinski definition) is 4. The van der Waals surface area contributed by atoms with E-state index in [1.807, 2.05) is 0 Å². The largest absolute Gasteiger partial charge is 0.481 e. The standard InChI is InChI=1S/C18H22F2N2O5/c19-18(20)27-14-6-2-1-5-13(14)17(26)21-10-15(23)22-9-3-4-12(11-22)7-8-16(24)25/h1-2,5-6,12,18H,3-4,7-11H2,(H,21,26)(H,24,25). The Bertz CT molecular complexity index is 683. The number of ether oxygens (including phenoxy) is 1. The molecule has 2 amide bonds. The highest BCUT2D eigenvalue weighted by atomic mass is 19.3. The number of hydrogen-bond donors (Lipinski definition) is 2. The fraction of sp³-hybridized carbons (Fsp3) is 0.500. The van der Waals surface area contributed by atoms with Crippen molar-refractivity contribution in [3.63, 3.8) is 0 Å². The Morgan fingerprint density at radius 3 is 2.74 bits per heavy atom. The van der Waals surface area contributed by atoms with Crippen LogP contribution in [0.1, 0.15) is 36.0 Å². The van der Waals surface area contributed by atoms with Gasteiger partial charge in [-0.1, -0.05) is 12.1 Å². The number of nitrogens with one attached hydrogen (secondary N) is 1. The number of rotatable bonds is 8. The molecule has 1 aliphatic rings. The maximum atomic E-state index is 12.4. The van der Waals surface area contributed by atoms with E-state index in [-0.39, 0.29) is 36.1 Å². The molecule has 0 radical (unpaired) electrons. The summed E-state index contributed by atoms with van der Waals surface area (Å²) >= 11 is 0. The summed E-state index contributed by atoms with van der Waals surface area (Å²) in [6.45, 7) is -2.33. The second-order valence-corrected chi connectivity index (χ2v) is 6.34. The summed E-state index contributed by atoms with van der Waals surface area (Å²) in [5.74, 6) is -1.98. The Hall–Kier alpha value is -2.71. The highest BCUT2D eigenvalue weighted by Gasteiger charge is 2.24. The van der Waals surface area contributed by atoms with Crippen LogP contribution in [0.4, 0.5) is 8.78 Å². The summed E-state index contributed by atoms with van der Waals surface area (Å²) in [5.41, 5.74) is -0.0800. The Morgan fingerprint density at radius 2 is 2.04 bits per heavy atom. The van der Waals surface area contributed by atoms with Crippen LogP contribution in [0.5, 0.6) is 5.75 Å². The van der Waals surface area contributed by atoms with Crippen LogP contribution in [0, 0.1) is 5.92 Å². The SMILES string of the molecule is O=C(O)CCC1CCCN(C(=O)CNC(=O)c2ccccc2OC(F)F)C1. The molecule has 2 rings (SSSR count). The number of carboxylic acid groups (broad SMARTS) is 1. The first kappa shape index (κ1) is 20.6. The molecule has 1 fully saturated rings. The molecule has 7 nitrogen and oxygen atoms in total. The first-order valence-electron chi connectivity index (χ1n) is 8.68. The third-order valence-corrected chi connectivity index (χ3v) is 4.39. The summed E-state index contributed by atoms with van der Waals surface area (Å²) in [5, 5.41) is 11.2. The lowest BCUT2D eigenvalue weighted by molar-refractivity contribution is -0.137. The molecule has 1 saturated heterocycles. The van der Waals surface area contributed by atoms with E-state index in [9.17, 15) is 23.2 Å². The van der Waals surface area contributed by atoms with Crippen molar-refractivity contribution in [1.29, 1.82) is 0 Å². The van der Waals surface area contributed by atoms with Gasteiger partial charge < -0.3 is 20.1 Å². The fourth-order valence-corrected chi connectivity index (χ4v) is 3.07. The number of halogens is 2. The molecule has 0 aliphatic carbocycles. The maximum Gasteiger partial charge on any atom is 0.387 e. The van der Waals surface area contributed by atoms with E-state index in [1.54, 1.807) is 4.90 Å². The van der Waals surface area contributed by atoms with Crippen molar-refractivity contribution in [3.05, 3.63) is 29.8 Å². The number of alkyl halides is 2. The number of carboxylic acids is 1. The molecule has 1 unspecified atom stereocenters. The smallest absolute Gasteiger partial charge is 0.387 e. The molecule has 9 heteroatoms. The van der Waals surface area contributed by atoms with Crippen molar-refractivity contribution < 1.29 is 33.0 Å². The molecular weight excluding hydrogens is 362 g/mol. The van der Waals surface area contributed by atoms with Gasteiger partial charge in [-0.25, -0.2) is 0 Å². The highest BCUT2D eigenvalue weighted by Crippen LogP contribution is 2.22. The highest BCUT2D eigenvalue weighted by molar-refractivity contribution is 5.98. The van der Waals surface area contributed by atoms with Gasteiger partial charge in [0.25, 0.3) is 5.91 Å². The topological polar surface area (TPSA) is 95.9 Å².